The summed E-state index contributed by atoms with van der Waals surface area (Å²) in [4.78, 5) is 11.5. The molecule has 1 N–H and O–H groups in total. The van der Waals surface area contributed by atoms with E-state index in [4.69, 9.17) is 4.74 Å². The molecule has 0 unspecified atom stereocenters. The standard InChI is InChI=1S/C19H34O3/c1-3-4-5-6-7-8-9-10-11-12-13-14-15-17-18(20)16(2)22-19(17)21/h15-16,18,20H,3-14H2,1-2H3/b17-15+/t16-,18+/m1/s1. The minimum Gasteiger partial charge on any atom is -0.456 e. The van der Waals surface area contributed by atoms with Crippen LogP contribution < -0.4 is 0 Å². The van der Waals surface area contributed by atoms with E-state index in [2.05, 4.69) is 6.92 Å². The predicted molar refractivity (Wildman–Crippen MR) is 90.7 cm³/mol. The minimum atomic E-state index is -0.736. The molecule has 1 fully saturated rings. The Morgan fingerprint density at radius 1 is 0.955 bits per heavy atom. The van der Waals surface area contributed by atoms with Gasteiger partial charge in [-0.3, -0.25) is 0 Å². The molecule has 0 aliphatic carbocycles. The maximum Gasteiger partial charge on any atom is 0.336 e. The second-order valence-electron chi connectivity index (χ2n) is 6.54. The summed E-state index contributed by atoms with van der Waals surface area (Å²) in [6, 6.07) is 0. The van der Waals surface area contributed by atoms with E-state index >= 15 is 0 Å². The number of carbonyl (C=O) groups is 1. The summed E-state index contributed by atoms with van der Waals surface area (Å²) in [5.74, 6) is -0.344. The fraction of sp³-hybridized carbons (Fsp3) is 0.842. The van der Waals surface area contributed by atoms with E-state index in [1.807, 2.05) is 6.08 Å². The molecule has 1 heterocycles. The molecule has 0 bridgehead atoms. The summed E-state index contributed by atoms with van der Waals surface area (Å²) in [6.45, 7) is 3.98. The first kappa shape index (κ1) is 19.2. The first-order chi connectivity index (χ1) is 10.7. The topological polar surface area (TPSA) is 46.5 Å². The molecule has 1 aliphatic heterocycles. The first-order valence-electron chi connectivity index (χ1n) is 9.26. The monoisotopic (exact) mass is 310 g/mol. The fourth-order valence-corrected chi connectivity index (χ4v) is 2.95. The summed E-state index contributed by atoms with van der Waals surface area (Å²) >= 11 is 0. The molecule has 0 saturated carbocycles. The van der Waals surface area contributed by atoms with Gasteiger partial charge in [0.15, 0.2) is 0 Å². The molecule has 128 valence electrons. The summed E-state index contributed by atoms with van der Waals surface area (Å²) in [6.07, 6.45) is 16.1. The average molecular weight is 310 g/mol. The average Bonchev–Trinajstić information content (AvgIpc) is 2.74. The number of aliphatic hydroxyl groups excluding tert-OH is 1. The number of rotatable bonds is 12. The van der Waals surface area contributed by atoms with Crippen molar-refractivity contribution in [2.45, 2.75) is 103 Å². The Labute approximate surface area is 136 Å². The first-order valence-corrected chi connectivity index (χ1v) is 9.26. The zero-order chi connectivity index (χ0) is 16.2. The van der Waals surface area contributed by atoms with E-state index in [0.29, 0.717) is 5.57 Å². The van der Waals surface area contributed by atoms with Crippen molar-refractivity contribution in [3.05, 3.63) is 11.6 Å². The largest absolute Gasteiger partial charge is 0.456 e. The molecule has 0 aromatic heterocycles. The number of unbranched alkanes of at least 4 members (excludes halogenated alkanes) is 11. The van der Waals surface area contributed by atoms with E-state index in [1.165, 1.54) is 64.2 Å². The third-order valence-corrected chi connectivity index (χ3v) is 4.46. The van der Waals surface area contributed by atoms with Gasteiger partial charge in [0, 0.05) is 0 Å². The smallest absolute Gasteiger partial charge is 0.336 e. The molecule has 1 aliphatic rings. The molecule has 0 amide bonds. The van der Waals surface area contributed by atoms with Gasteiger partial charge in [-0.15, -0.1) is 0 Å². The number of hydrogen-bond donors (Lipinski definition) is 1. The van der Waals surface area contributed by atoms with Crippen molar-refractivity contribution in [1.82, 2.24) is 0 Å². The molecule has 3 heteroatoms. The van der Waals surface area contributed by atoms with Gasteiger partial charge in [-0.1, -0.05) is 77.2 Å². The van der Waals surface area contributed by atoms with Crippen LogP contribution in [0.25, 0.3) is 0 Å². The van der Waals surface area contributed by atoms with Crippen molar-refractivity contribution in [3.8, 4) is 0 Å². The number of esters is 1. The SMILES string of the molecule is CCCCCCCCCCCCC/C=C1/C(=O)O[C@H](C)[C@@H]1O. The third kappa shape index (κ3) is 7.44. The molecule has 2 atom stereocenters. The van der Waals surface area contributed by atoms with Crippen LogP contribution in [0.15, 0.2) is 11.6 Å². The van der Waals surface area contributed by atoms with Crippen molar-refractivity contribution in [1.29, 1.82) is 0 Å². The highest BCUT2D eigenvalue weighted by Gasteiger charge is 2.34. The Hall–Kier alpha value is -0.830. The summed E-state index contributed by atoms with van der Waals surface area (Å²) in [7, 11) is 0. The number of cyclic esters (lactones) is 1. The van der Waals surface area contributed by atoms with Crippen LogP contribution in [0.5, 0.6) is 0 Å². The number of carbonyl (C=O) groups excluding carboxylic acids is 1. The van der Waals surface area contributed by atoms with Gasteiger partial charge in [0.1, 0.15) is 12.2 Å². The molecular formula is C19H34O3. The number of aliphatic hydroxyl groups is 1. The maximum absolute atomic E-state index is 11.5. The Kier molecular flexibility index (Phi) is 10.2. The van der Waals surface area contributed by atoms with Crippen LogP contribution >= 0.6 is 0 Å². The second-order valence-corrected chi connectivity index (χ2v) is 6.54. The predicted octanol–water partition coefficient (Wildman–Crippen LogP) is 4.92. The molecule has 0 aromatic rings. The summed E-state index contributed by atoms with van der Waals surface area (Å²) < 4.78 is 4.99. The van der Waals surface area contributed by atoms with Gasteiger partial charge >= 0.3 is 5.97 Å². The number of hydrogen-bond acceptors (Lipinski definition) is 3. The Balaban J connectivity index is 1.93. The van der Waals surface area contributed by atoms with Crippen LogP contribution in [0.2, 0.25) is 0 Å². The van der Waals surface area contributed by atoms with Gasteiger partial charge in [-0.25, -0.2) is 4.79 Å². The van der Waals surface area contributed by atoms with Gasteiger partial charge in [0.2, 0.25) is 0 Å². The normalized spacial score (nSPS) is 23.2. The molecule has 1 saturated heterocycles. The quantitative estimate of drug-likeness (QED) is 0.316. The van der Waals surface area contributed by atoms with E-state index in [1.54, 1.807) is 6.92 Å². The highest BCUT2D eigenvalue weighted by Crippen LogP contribution is 2.22. The number of allylic oxidation sites excluding steroid dienone is 1. The van der Waals surface area contributed by atoms with Gasteiger partial charge in [-0.05, 0) is 19.8 Å². The zero-order valence-electron chi connectivity index (χ0n) is 14.5. The summed E-state index contributed by atoms with van der Waals surface area (Å²) in [5, 5.41) is 9.79. The second kappa shape index (κ2) is 11.7. The van der Waals surface area contributed by atoms with E-state index in [0.717, 1.165) is 12.8 Å². The van der Waals surface area contributed by atoms with Gasteiger partial charge < -0.3 is 9.84 Å². The van der Waals surface area contributed by atoms with Crippen LogP contribution in [-0.4, -0.2) is 23.3 Å². The number of ether oxygens (including phenoxy) is 1. The molecule has 3 nitrogen and oxygen atoms in total. The van der Waals surface area contributed by atoms with Crippen molar-refractivity contribution in [3.63, 3.8) is 0 Å². The summed E-state index contributed by atoms with van der Waals surface area (Å²) in [5.41, 5.74) is 0.458. The van der Waals surface area contributed by atoms with Crippen molar-refractivity contribution in [2.24, 2.45) is 0 Å². The van der Waals surface area contributed by atoms with Crippen molar-refractivity contribution < 1.29 is 14.6 Å². The Morgan fingerprint density at radius 3 is 1.91 bits per heavy atom. The fourth-order valence-electron chi connectivity index (χ4n) is 2.95. The molecular weight excluding hydrogens is 276 g/mol. The van der Waals surface area contributed by atoms with E-state index in [-0.39, 0.29) is 5.97 Å². The lowest BCUT2D eigenvalue weighted by molar-refractivity contribution is -0.138. The highest BCUT2D eigenvalue weighted by molar-refractivity contribution is 5.92. The van der Waals surface area contributed by atoms with Gasteiger partial charge in [0.25, 0.3) is 0 Å². The van der Waals surface area contributed by atoms with Gasteiger partial charge in [0.05, 0.1) is 5.57 Å². The van der Waals surface area contributed by atoms with Crippen molar-refractivity contribution >= 4 is 5.97 Å². The Morgan fingerprint density at radius 2 is 1.45 bits per heavy atom. The molecule has 0 spiro atoms. The van der Waals surface area contributed by atoms with Crippen LogP contribution in [0.1, 0.15) is 90.9 Å². The molecule has 22 heavy (non-hydrogen) atoms. The third-order valence-electron chi connectivity index (χ3n) is 4.46. The van der Waals surface area contributed by atoms with Crippen molar-refractivity contribution in [2.75, 3.05) is 0 Å². The highest BCUT2D eigenvalue weighted by atomic mass is 16.6. The lowest BCUT2D eigenvalue weighted by Crippen LogP contribution is -2.17. The molecule has 0 aromatic carbocycles. The van der Waals surface area contributed by atoms with Crippen LogP contribution in [0.4, 0.5) is 0 Å². The van der Waals surface area contributed by atoms with Crippen LogP contribution in [-0.2, 0) is 9.53 Å². The van der Waals surface area contributed by atoms with Crippen LogP contribution in [0.3, 0.4) is 0 Å². The molecule has 1 rings (SSSR count). The lowest BCUT2D eigenvalue weighted by Gasteiger charge is -2.04. The zero-order valence-corrected chi connectivity index (χ0v) is 14.5. The van der Waals surface area contributed by atoms with Crippen LogP contribution in [0, 0.1) is 0 Å². The Bertz CT molecular complexity index is 336. The maximum atomic E-state index is 11.5. The van der Waals surface area contributed by atoms with E-state index in [9.17, 15) is 9.90 Å². The van der Waals surface area contributed by atoms with Gasteiger partial charge in [-0.2, -0.15) is 0 Å². The molecule has 0 radical (unpaired) electrons. The van der Waals surface area contributed by atoms with E-state index < -0.39 is 12.2 Å². The lowest BCUT2D eigenvalue weighted by atomic mass is 10.0. The minimum absolute atomic E-state index is 0.344.